The van der Waals surface area contributed by atoms with Crippen molar-refractivity contribution in [2.75, 3.05) is 16.0 Å². The van der Waals surface area contributed by atoms with Crippen LogP contribution in [0, 0.1) is 0 Å². The van der Waals surface area contributed by atoms with Gasteiger partial charge in [0.05, 0.1) is 0 Å². The molecule has 18 heteroatoms. The van der Waals surface area contributed by atoms with E-state index in [1.165, 1.54) is 18.2 Å². The van der Waals surface area contributed by atoms with Gasteiger partial charge in [0.15, 0.2) is 0 Å². The van der Waals surface area contributed by atoms with Crippen LogP contribution in [0.2, 0.25) is 0 Å². The molecule has 0 aliphatic heterocycles. The number of hydrogen-bond acceptors (Lipinski definition) is 18. The molecule has 0 aliphatic carbocycles. The number of hydrogen-bond donors (Lipinski definition) is 3. The van der Waals surface area contributed by atoms with Crippen LogP contribution in [0.15, 0.2) is 89.5 Å². The van der Waals surface area contributed by atoms with Crippen molar-refractivity contribution in [3.05, 3.63) is 106 Å². The lowest BCUT2D eigenvalue weighted by Crippen LogP contribution is -2.31. The van der Waals surface area contributed by atoms with Gasteiger partial charge >= 0.3 is 35.8 Å². The van der Waals surface area contributed by atoms with E-state index in [1.54, 1.807) is 197 Å². The zero-order chi connectivity index (χ0) is 56.5. The van der Waals surface area contributed by atoms with Crippen LogP contribution in [0.1, 0.15) is 141 Å². The average Bonchev–Trinajstić information content (AvgIpc) is 3.21. The molecule has 0 bridgehead atoms. The highest BCUT2D eigenvalue weighted by Gasteiger charge is 2.32. The first kappa shape index (κ1) is 59.7. The largest absolute Gasteiger partial charge is 0.456 e. The van der Waals surface area contributed by atoms with E-state index in [0.717, 1.165) is 0 Å². The van der Waals surface area contributed by atoms with Crippen molar-refractivity contribution in [1.82, 2.24) is 15.0 Å². The Labute approximate surface area is 440 Å². The second-order valence-electron chi connectivity index (χ2n) is 23.2. The summed E-state index contributed by atoms with van der Waals surface area (Å²) in [6.07, 6.45) is 4.19. The van der Waals surface area contributed by atoms with Crippen molar-refractivity contribution in [2.45, 2.75) is 158 Å². The van der Waals surface area contributed by atoms with Gasteiger partial charge in [-0.05, 0) is 196 Å². The zero-order valence-electron chi connectivity index (χ0n) is 46.4. The van der Waals surface area contributed by atoms with E-state index >= 15 is 0 Å². The van der Waals surface area contributed by atoms with E-state index in [0.29, 0.717) is 33.8 Å². The Morgan fingerprint density at radius 1 is 0.307 bits per heavy atom. The van der Waals surface area contributed by atoms with E-state index in [9.17, 15) is 28.8 Å². The maximum atomic E-state index is 13.2. The Bertz CT molecular complexity index is 2420. The molecule has 3 N–H and O–H groups in total. The minimum Gasteiger partial charge on any atom is -0.456 e. The molecule has 0 saturated carbocycles. The minimum atomic E-state index is -0.869. The summed E-state index contributed by atoms with van der Waals surface area (Å²) in [5.41, 5.74) is -2.99. The van der Waals surface area contributed by atoms with E-state index in [-0.39, 0.29) is 34.6 Å². The number of esters is 6. The van der Waals surface area contributed by atoms with Crippen molar-refractivity contribution in [2.24, 2.45) is 0 Å². The molecular weight excluding hydrogens is 961 g/mol. The Morgan fingerprint density at radius 2 is 0.467 bits per heavy atom. The van der Waals surface area contributed by atoms with Gasteiger partial charge in [-0.3, -0.25) is 0 Å². The van der Waals surface area contributed by atoms with Gasteiger partial charge in [-0.15, -0.1) is 0 Å². The Balaban J connectivity index is 1.74. The molecule has 0 atom stereocenters. The molecule has 0 radical (unpaired) electrons. The SMILES string of the molecule is CC(C)(C)OC(=O)C(=Cc1ccc(Nc2nc(Nc3ccc(C=C(C(=O)OC(C)(C)C)C(=O)OC(C)(C)C)cc3)nc(Nc3ccc(C=C(C(=O)OC(C)(C)C)C(=O)OC(C)(C)C)cc3)n2)cc1)C(=O)OC(C)(C)C. The Hall–Kier alpha value is -7.89. The summed E-state index contributed by atoms with van der Waals surface area (Å²) in [6, 6.07) is 20.2. The highest BCUT2D eigenvalue weighted by atomic mass is 16.6. The van der Waals surface area contributed by atoms with Gasteiger partial charge in [0.1, 0.15) is 50.3 Å². The molecule has 4 rings (SSSR count). The molecule has 0 aliphatic rings. The van der Waals surface area contributed by atoms with Crippen molar-refractivity contribution < 1.29 is 57.2 Å². The molecular formula is C57H72N6O12. The highest BCUT2D eigenvalue weighted by Crippen LogP contribution is 2.27. The molecule has 0 spiro atoms. The molecule has 0 saturated heterocycles. The lowest BCUT2D eigenvalue weighted by Gasteiger charge is -2.23. The molecule has 3 aromatic carbocycles. The molecule has 4 aromatic rings. The van der Waals surface area contributed by atoms with Gasteiger partial charge in [0.2, 0.25) is 17.8 Å². The third-order valence-corrected chi connectivity index (χ3v) is 8.78. The number of carbonyl (C=O) groups excluding carboxylic acids is 6. The summed E-state index contributed by atoms with van der Waals surface area (Å²) in [4.78, 5) is 93.0. The van der Waals surface area contributed by atoms with E-state index in [4.69, 9.17) is 28.4 Å². The molecule has 0 unspecified atom stereocenters. The number of benzene rings is 3. The summed E-state index contributed by atoms with van der Waals surface area (Å²) >= 11 is 0. The van der Waals surface area contributed by atoms with Crippen molar-refractivity contribution in [3.8, 4) is 0 Å². The summed E-state index contributed by atoms with van der Waals surface area (Å²) in [5, 5.41) is 9.53. The smallest absolute Gasteiger partial charge is 0.346 e. The Morgan fingerprint density at radius 3 is 0.613 bits per heavy atom. The van der Waals surface area contributed by atoms with Crippen molar-refractivity contribution >= 4 is 89.0 Å². The van der Waals surface area contributed by atoms with Crippen LogP contribution in [0.4, 0.5) is 34.9 Å². The first-order valence-electron chi connectivity index (χ1n) is 24.2. The number of nitrogens with one attached hydrogen (secondary N) is 3. The number of nitrogens with zero attached hydrogens (tertiary/aromatic N) is 3. The third kappa shape index (κ3) is 21.6. The van der Waals surface area contributed by atoms with E-state index in [2.05, 4.69) is 30.9 Å². The number of rotatable bonds is 15. The number of ether oxygens (including phenoxy) is 6. The summed E-state index contributed by atoms with van der Waals surface area (Å²) in [6.45, 7) is 30.6. The van der Waals surface area contributed by atoms with E-state index < -0.39 is 69.4 Å². The molecule has 75 heavy (non-hydrogen) atoms. The number of carbonyl (C=O) groups is 6. The third-order valence-electron chi connectivity index (χ3n) is 8.78. The van der Waals surface area contributed by atoms with Crippen LogP contribution in [0.25, 0.3) is 18.2 Å². The fourth-order valence-electron chi connectivity index (χ4n) is 6.02. The van der Waals surface area contributed by atoms with Crippen LogP contribution < -0.4 is 16.0 Å². The lowest BCUT2D eigenvalue weighted by atomic mass is 10.1. The predicted octanol–water partition coefficient (Wildman–Crippen LogP) is 11.3. The van der Waals surface area contributed by atoms with Crippen LogP contribution in [-0.4, -0.2) is 84.4 Å². The standard InChI is InChI=1S/C57H72N6O12/c1-52(2,3)70-43(64)40(44(65)71-53(4,5)6)31-34-19-25-37(26-20-34)58-49-61-50(59-38-27-21-35(22-28-38)32-41(45(66)72-54(7,8)9)46(67)73-55(10,11)12)63-51(62-49)60-39-29-23-36(24-30-39)33-42(47(68)74-56(13,14)15)48(69)75-57(16,17)18/h19-33H,1-18H3,(H3,58,59,60,61,62,63). The van der Waals surface area contributed by atoms with Gasteiger partial charge in [-0.2, -0.15) is 15.0 Å². The topological polar surface area (TPSA) is 233 Å². The van der Waals surface area contributed by atoms with Crippen LogP contribution >= 0.6 is 0 Å². The van der Waals surface area contributed by atoms with Crippen molar-refractivity contribution in [1.29, 1.82) is 0 Å². The molecule has 402 valence electrons. The molecule has 0 fully saturated rings. The number of anilines is 6. The van der Waals surface area contributed by atoms with Crippen LogP contribution in [0.5, 0.6) is 0 Å². The zero-order valence-corrected chi connectivity index (χ0v) is 46.4. The first-order valence-corrected chi connectivity index (χ1v) is 24.2. The van der Waals surface area contributed by atoms with Gasteiger partial charge < -0.3 is 44.4 Å². The normalized spacial score (nSPS) is 11.9. The van der Waals surface area contributed by atoms with E-state index in [1.807, 2.05) is 0 Å². The average molecular weight is 1030 g/mol. The second-order valence-corrected chi connectivity index (χ2v) is 23.2. The summed E-state index contributed by atoms with van der Waals surface area (Å²) in [5.74, 6) is -4.72. The second kappa shape index (κ2) is 23.5. The molecule has 18 nitrogen and oxygen atoms in total. The maximum Gasteiger partial charge on any atom is 0.346 e. The molecule has 0 amide bonds. The minimum absolute atomic E-state index is 0.0966. The predicted molar refractivity (Wildman–Crippen MR) is 288 cm³/mol. The van der Waals surface area contributed by atoms with Gasteiger partial charge in [-0.25, -0.2) is 28.8 Å². The summed E-state index contributed by atoms with van der Waals surface area (Å²) in [7, 11) is 0. The van der Waals surface area contributed by atoms with Crippen LogP contribution in [0.3, 0.4) is 0 Å². The Kier molecular flexibility index (Phi) is 18.7. The lowest BCUT2D eigenvalue weighted by molar-refractivity contribution is -0.160. The first-order chi connectivity index (χ1) is 34.3. The van der Waals surface area contributed by atoms with Crippen molar-refractivity contribution in [3.63, 3.8) is 0 Å². The van der Waals surface area contributed by atoms with Crippen LogP contribution in [-0.2, 0) is 57.2 Å². The molecule has 1 aromatic heterocycles. The van der Waals surface area contributed by atoms with Gasteiger partial charge in [-0.1, -0.05) is 36.4 Å². The fraction of sp³-hybridized carbons (Fsp3) is 0.421. The monoisotopic (exact) mass is 1030 g/mol. The molecule has 1 heterocycles. The van der Waals surface area contributed by atoms with Gasteiger partial charge in [0.25, 0.3) is 0 Å². The maximum absolute atomic E-state index is 13.2. The highest BCUT2D eigenvalue weighted by molar-refractivity contribution is 6.19. The quantitative estimate of drug-likeness (QED) is 0.0330. The van der Waals surface area contributed by atoms with Gasteiger partial charge in [0, 0.05) is 17.1 Å². The number of aromatic nitrogens is 3. The fourth-order valence-corrected chi connectivity index (χ4v) is 6.02. The summed E-state index contributed by atoms with van der Waals surface area (Å²) < 4.78 is 33.1.